The quantitative estimate of drug-likeness (QED) is 0.730. The number of carbonyl (C=O) groups excluding carboxylic acids is 1. The summed E-state index contributed by atoms with van der Waals surface area (Å²) in [5.41, 5.74) is -0.527. The van der Waals surface area contributed by atoms with E-state index in [4.69, 9.17) is 14.2 Å². The Morgan fingerprint density at radius 2 is 1.67 bits per heavy atom. The predicted molar refractivity (Wildman–Crippen MR) is 68.9 cm³/mol. The van der Waals surface area contributed by atoms with Gasteiger partial charge in [-0.15, -0.1) is 0 Å². The first-order valence-corrected chi connectivity index (χ1v) is 5.85. The van der Waals surface area contributed by atoms with Crippen molar-refractivity contribution in [2.75, 3.05) is 20.8 Å². The summed E-state index contributed by atoms with van der Waals surface area (Å²) in [6, 6.07) is 7.34. The van der Waals surface area contributed by atoms with Crippen LogP contribution >= 0.6 is 0 Å². The summed E-state index contributed by atoms with van der Waals surface area (Å²) < 4.78 is 15.4. The van der Waals surface area contributed by atoms with Gasteiger partial charge in [0, 0.05) is 0 Å². The molecule has 100 valence electrons. The van der Waals surface area contributed by atoms with Crippen LogP contribution in [0.1, 0.15) is 20.3 Å². The largest absolute Gasteiger partial charge is 0.497 e. The second-order valence-electron chi connectivity index (χ2n) is 4.65. The lowest BCUT2D eigenvalue weighted by Gasteiger charge is -2.21. The lowest BCUT2D eigenvalue weighted by Crippen LogP contribution is -2.27. The highest BCUT2D eigenvalue weighted by atomic mass is 16.5. The summed E-state index contributed by atoms with van der Waals surface area (Å²) in [6.45, 7) is 4.15. The molecule has 0 radical (unpaired) electrons. The van der Waals surface area contributed by atoms with Crippen LogP contribution in [0.2, 0.25) is 0 Å². The zero-order chi connectivity index (χ0) is 13.6. The number of rotatable bonds is 6. The Kier molecular flexibility index (Phi) is 5.01. The molecule has 1 aromatic rings. The number of hydrogen-bond acceptors (Lipinski definition) is 4. The third-order valence-corrected chi connectivity index (χ3v) is 2.79. The molecule has 4 nitrogen and oxygen atoms in total. The third-order valence-electron chi connectivity index (χ3n) is 2.79. The zero-order valence-corrected chi connectivity index (χ0v) is 11.4. The number of ether oxygens (including phenoxy) is 3. The lowest BCUT2D eigenvalue weighted by atomic mass is 9.90. The van der Waals surface area contributed by atoms with Gasteiger partial charge in [0.1, 0.15) is 11.5 Å². The molecule has 0 aliphatic rings. The minimum atomic E-state index is -0.527. The maximum absolute atomic E-state index is 11.5. The molecule has 0 N–H and O–H groups in total. The van der Waals surface area contributed by atoms with Gasteiger partial charge < -0.3 is 14.2 Å². The van der Waals surface area contributed by atoms with Crippen molar-refractivity contribution in [2.24, 2.45) is 5.41 Å². The standard InChI is InChI=1S/C14H20O4/c1-14(2,13(15)17-4)9-10-18-12-7-5-11(16-3)6-8-12/h5-8H,9-10H2,1-4H3. The van der Waals surface area contributed by atoms with Crippen molar-refractivity contribution in [1.82, 2.24) is 0 Å². The topological polar surface area (TPSA) is 44.8 Å². The molecule has 0 heterocycles. The highest BCUT2D eigenvalue weighted by molar-refractivity contribution is 5.75. The first-order chi connectivity index (χ1) is 8.49. The van der Waals surface area contributed by atoms with Crippen molar-refractivity contribution in [1.29, 1.82) is 0 Å². The van der Waals surface area contributed by atoms with Crippen LogP contribution in [0.5, 0.6) is 11.5 Å². The van der Waals surface area contributed by atoms with Crippen LogP contribution in [0.4, 0.5) is 0 Å². The van der Waals surface area contributed by atoms with E-state index >= 15 is 0 Å². The van der Waals surface area contributed by atoms with Crippen molar-refractivity contribution in [2.45, 2.75) is 20.3 Å². The van der Waals surface area contributed by atoms with Gasteiger partial charge in [-0.05, 0) is 44.5 Å². The Balaban J connectivity index is 2.43. The molecule has 1 rings (SSSR count). The van der Waals surface area contributed by atoms with Gasteiger partial charge in [0.25, 0.3) is 0 Å². The molecule has 0 amide bonds. The van der Waals surface area contributed by atoms with Gasteiger partial charge in [-0.3, -0.25) is 4.79 Å². The van der Waals surface area contributed by atoms with Crippen molar-refractivity contribution in [3.63, 3.8) is 0 Å². The van der Waals surface area contributed by atoms with Crippen LogP contribution in [0.15, 0.2) is 24.3 Å². The van der Waals surface area contributed by atoms with Gasteiger partial charge in [-0.1, -0.05) is 0 Å². The number of esters is 1. The fourth-order valence-corrected chi connectivity index (χ4v) is 1.47. The normalized spacial score (nSPS) is 10.9. The van der Waals surface area contributed by atoms with Crippen molar-refractivity contribution >= 4 is 5.97 Å². The number of hydrogen-bond donors (Lipinski definition) is 0. The fourth-order valence-electron chi connectivity index (χ4n) is 1.47. The Morgan fingerprint density at radius 3 is 2.17 bits per heavy atom. The number of benzene rings is 1. The summed E-state index contributed by atoms with van der Waals surface area (Å²) in [5.74, 6) is 1.33. The van der Waals surface area contributed by atoms with E-state index in [-0.39, 0.29) is 5.97 Å². The molecular weight excluding hydrogens is 232 g/mol. The second kappa shape index (κ2) is 6.28. The molecular formula is C14H20O4. The fraction of sp³-hybridized carbons (Fsp3) is 0.500. The third kappa shape index (κ3) is 3.95. The lowest BCUT2D eigenvalue weighted by molar-refractivity contribution is -0.151. The molecule has 1 aromatic carbocycles. The minimum Gasteiger partial charge on any atom is -0.497 e. The number of carbonyl (C=O) groups is 1. The smallest absolute Gasteiger partial charge is 0.311 e. The van der Waals surface area contributed by atoms with E-state index in [1.165, 1.54) is 7.11 Å². The molecule has 0 saturated heterocycles. The molecule has 4 heteroatoms. The van der Waals surface area contributed by atoms with Crippen LogP contribution in [-0.2, 0) is 9.53 Å². The molecule has 0 unspecified atom stereocenters. The maximum Gasteiger partial charge on any atom is 0.311 e. The number of methoxy groups -OCH3 is 2. The van der Waals surface area contributed by atoms with Crippen LogP contribution in [0, 0.1) is 5.41 Å². The molecule has 0 aromatic heterocycles. The first-order valence-electron chi connectivity index (χ1n) is 5.85. The Labute approximate surface area is 108 Å². The molecule has 0 fully saturated rings. The summed E-state index contributed by atoms with van der Waals surface area (Å²) in [7, 11) is 3.02. The van der Waals surface area contributed by atoms with E-state index in [2.05, 4.69) is 0 Å². The molecule has 0 aliphatic heterocycles. The molecule has 0 aliphatic carbocycles. The summed E-state index contributed by atoms with van der Waals surface area (Å²) >= 11 is 0. The second-order valence-corrected chi connectivity index (χ2v) is 4.65. The van der Waals surface area contributed by atoms with E-state index in [1.54, 1.807) is 7.11 Å². The summed E-state index contributed by atoms with van der Waals surface area (Å²) in [5, 5.41) is 0. The van der Waals surface area contributed by atoms with Crippen LogP contribution in [0.3, 0.4) is 0 Å². The molecule has 18 heavy (non-hydrogen) atoms. The minimum absolute atomic E-state index is 0.221. The molecule has 0 saturated carbocycles. The predicted octanol–water partition coefficient (Wildman–Crippen LogP) is 2.66. The summed E-state index contributed by atoms with van der Waals surface area (Å²) in [6.07, 6.45) is 0.603. The van der Waals surface area contributed by atoms with E-state index < -0.39 is 5.41 Å². The van der Waals surface area contributed by atoms with E-state index in [1.807, 2.05) is 38.1 Å². The first kappa shape index (κ1) is 14.4. The summed E-state index contributed by atoms with van der Waals surface area (Å²) in [4.78, 5) is 11.5. The van der Waals surface area contributed by atoms with Gasteiger partial charge in [0.05, 0.1) is 26.2 Å². The maximum atomic E-state index is 11.5. The van der Waals surface area contributed by atoms with Gasteiger partial charge >= 0.3 is 5.97 Å². The van der Waals surface area contributed by atoms with E-state index in [0.29, 0.717) is 13.0 Å². The van der Waals surface area contributed by atoms with E-state index in [9.17, 15) is 4.79 Å². The molecule has 0 atom stereocenters. The highest BCUT2D eigenvalue weighted by Gasteiger charge is 2.28. The average Bonchev–Trinajstić information content (AvgIpc) is 2.38. The average molecular weight is 252 g/mol. The van der Waals surface area contributed by atoms with Crippen LogP contribution in [-0.4, -0.2) is 26.8 Å². The van der Waals surface area contributed by atoms with Crippen molar-refractivity contribution < 1.29 is 19.0 Å². The Hall–Kier alpha value is -1.71. The molecule has 0 bridgehead atoms. The monoisotopic (exact) mass is 252 g/mol. The van der Waals surface area contributed by atoms with Crippen LogP contribution < -0.4 is 9.47 Å². The van der Waals surface area contributed by atoms with Gasteiger partial charge in [-0.25, -0.2) is 0 Å². The van der Waals surface area contributed by atoms with E-state index in [0.717, 1.165) is 11.5 Å². The van der Waals surface area contributed by atoms with Gasteiger partial charge in [0.2, 0.25) is 0 Å². The highest BCUT2D eigenvalue weighted by Crippen LogP contribution is 2.23. The Bertz CT molecular complexity index is 381. The van der Waals surface area contributed by atoms with Crippen LogP contribution in [0.25, 0.3) is 0 Å². The van der Waals surface area contributed by atoms with Gasteiger partial charge in [-0.2, -0.15) is 0 Å². The van der Waals surface area contributed by atoms with Crippen molar-refractivity contribution in [3.8, 4) is 11.5 Å². The van der Waals surface area contributed by atoms with Crippen molar-refractivity contribution in [3.05, 3.63) is 24.3 Å². The van der Waals surface area contributed by atoms with Gasteiger partial charge in [0.15, 0.2) is 0 Å². The molecule has 0 spiro atoms. The Morgan fingerprint density at radius 1 is 1.11 bits per heavy atom. The zero-order valence-electron chi connectivity index (χ0n) is 11.4. The SMILES string of the molecule is COC(=O)C(C)(C)CCOc1ccc(OC)cc1.